The zero-order valence-electron chi connectivity index (χ0n) is 14.1. The van der Waals surface area contributed by atoms with E-state index in [1.165, 1.54) is 0 Å². The van der Waals surface area contributed by atoms with Gasteiger partial charge in [0.1, 0.15) is 22.6 Å². The predicted octanol–water partition coefficient (Wildman–Crippen LogP) is 1.21. The van der Waals surface area contributed by atoms with Crippen LogP contribution in [0.5, 0.6) is 0 Å². The van der Waals surface area contributed by atoms with E-state index in [-0.39, 0.29) is 6.10 Å². The van der Waals surface area contributed by atoms with Gasteiger partial charge in [-0.3, -0.25) is 0 Å². The third kappa shape index (κ3) is 3.20. The van der Waals surface area contributed by atoms with Gasteiger partial charge in [-0.2, -0.15) is 0 Å². The molecule has 1 saturated heterocycles. The van der Waals surface area contributed by atoms with E-state index in [9.17, 15) is 0 Å². The van der Waals surface area contributed by atoms with Crippen molar-refractivity contribution in [2.75, 3.05) is 38.3 Å². The summed E-state index contributed by atoms with van der Waals surface area (Å²) in [6.45, 7) is 5.09. The second-order valence-electron chi connectivity index (χ2n) is 5.79. The van der Waals surface area contributed by atoms with Gasteiger partial charge in [-0.1, -0.05) is 0 Å². The van der Waals surface area contributed by atoms with Crippen LogP contribution in [0, 0.1) is 6.92 Å². The molecule has 4 heterocycles. The van der Waals surface area contributed by atoms with E-state index in [1.807, 2.05) is 12.3 Å². The number of anilines is 1. The van der Waals surface area contributed by atoms with Crippen LogP contribution in [-0.4, -0.2) is 63.6 Å². The van der Waals surface area contributed by atoms with Crippen LogP contribution >= 0.6 is 11.3 Å². The Morgan fingerprint density at radius 2 is 2.32 bits per heavy atom. The van der Waals surface area contributed by atoms with Crippen LogP contribution in [0.1, 0.15) is 17.8 Å². The van der Waals surface area contributed by atoms with Crippen molar-refractivity contribution in [2.45, 2.75) is 19.6 Å². The minimum Gasteiger partial charge on any atom is -0.383 e. The summed E-state index contributed by atoms with van der Waals surface area (Å²) in [5.74, 6) is 2.44. The number of tetrazole rings is 1. The molecule has 1 fully saturated rings. The van der Waals surface area contributed by atoms with Gasteiger partial charge >= 0.3 is 0 Å². The van der Waals surface area contributed by atoms with E-state index in [1.54, 1.807) is 23.1 Å². The van der Waals surface area contributed by atoms with Crippen LogP contribution in [-0.2, 0) is 16.0 Å². The summed E-state index contributed by atoms with van der Waals surface area (Å²) in [6.07, 6.45) is -0.204. The number of thiophene rings is 1. The molecule has 1 aliphatic heterocycles. The molecule has 132 valence electrons. The first-order chi connectivity index (χ1) is 12.3. The fourth-order valence-electron chi connectivity index (χ4n) is 2.96. The largest absolute Gasteiger partial charge is 0.383 e. The zero-order chi connectivity index (χ0) is 17.2. The van der Waals surface area contributed by atoms with Gasteiger partial charge in [0.15, 0.2) is 5.82 Å². The van der Waals surface area contributed by atoms with E-state index in [2.05, 4.69) is 36.5 Å². The van der Waals surface area contributed by atoms with Crippen LogP contribution < -0.4 is 4.90 Å². The summed E-state index contributed by atoms with van der Waals surface area (Å²) in [5.41, 5.74) is 0. The molecule has 1 aliphatic rings. The van der Waals surface area contributed by atoms with Gasteiger partial charge in [0.25, 0.3) is 0 Å². The Bertz CT molecular complexity index is 865. The van der Waals surface area contributed by atoms with Gasteiger partial charge in [-0.05, 0) is 28.8 Å². The van der Waals surface area contributed by atoms with Crippen LogP contribution in [0.4, 0.5) is 5.82 Å². The highest BCUT2D eigenvalue weighted by Crippen LogP contribution is 2.31. The topological polar surface area (TPSA) is 91.1 Å². The lowest BCUT2D eigenvalue weighted by Gasteiger charge is -2.33. The van der Waals surface area contributed by atoms with Crippen LogP contribution in [0.15, 0.2) is 11.4 Å². The predicted molar refractivity (Wildman–Crippen MR) is 92.8 cm³/mol. The normalized spacial score (nSPS) is 18.2. The van der Waals surface area contributed by atoms with Crippen molar-refractivity contribution in [2.24, 2.45) is 0 Å². The molecule has 3 aromatic rings. The minimum absolute atomic E-state index is 0.204. The molecule has 0 unspecified atom stereocenters. The van der Waals surface area contributed by atoms with Crippen LogP contribution in [0.2, 0.25) is 0 Å². The van der Waals surface area contributed by atoms with E-state index in [0.29, 0.717) is 32.1 Å². The molecule has 3 aromatic heterocycles. The molecular formula is C15H19N7O2S. The number of fused-ring (bicyclic) bond motifs is 1. The smallest absolute Gasteiger partial charge is 0.182 e. The molecule has 4 rings (SSSR count). The van der Waals surface area contributed by atoms with Crippen molar-refractivity contribution in [3.63, 3.8) is 0 Å². The molecule has 10 heteroatoms. The second-order valence-corrected chi connectivity index (χ2v) is 6.69. The SMILES string of the molecule is COCCn1nnnc1[C@H]1CN(c2nc(C)nc3sccc23)CCO1. The highest BCUT2D eigenvalue weighted by atomic mass is 32.1. The van der Waals surface area contributed by atoms with Crippen molar-refractivity contribution >= 4 is 27.4 Å². The van der Waals surface area contributed by atoms with Crippen molar-refractivity contribution in [3.05, 3.63) is 23.1 Å². The molecule has 0 radical (unpaired) electrons. The standard InChI is InChI=1S/C15H19N7O2S/c1-10-16-13(11-3-8-25-15(11)17-10)21-4-7-24-12(9-21)14-18-19-20-22(14)5-6-23-2/h3,8,12H,4-7,9H2,1-2H3/t12-/m1/s1. The number of rotatable bonds is 5. The Hall–Kier alpha value is -2.17. The van der Waals surface area contributed by atoms with Gasteiger partial charge in [0, 0.05) is 13.7 Å². The lowest BCUT2D eigenvalue weighted by Crippen LogP contribution is -2.40. The maximum absolute atomic E-state index is 5.93. The first kappa shape index (κ1) is 16.3. The first-order valence-corrected chi connectivity index (χ1v) is 8.97. The lowest BCUT2D eigenvalue weighted by atomic mass is 10.2. The molecule has 25 heavy (non-hydrogen) atoms. The fourth-order valence-corrected chi connectivity index (χ4v) is 3.77. The van der Waals surface area contributed by atoms with Crippen molar-refractivity contribution in [1.29, 1.82) is 0 Å². The molecule has 9 nitrogen and oxygen atoms in total. The van der Waals surface area contributed by atoms with Gasteiger partial charge in [-0.15, -0.1) is 16.4 Å². The summed E-state index contributed by atoms with van der Waals surface area (Å²) >= 11 is 1.63. The highest BCUT2D eigenvalue weighted by molar-refractivity contribution is 7.16. The molecule has 1 atom stereocenters. The second kappa shape index (κ2) is 6.98. The Balaban J connectivity index is 1.61. The molecular weight excluding hydrogens is 342 g/mol. The molecule has 0 N–H and O–H groups in total. The molecule has 0 aromatic carbocycles. The quantitative estimate of drug-likeness (QED) is 0.670. The van der Waals surface area contributed by atoms with Gasteiger partial charge in [-0.25, -0.2) is 14.6 Å². The van der Waals surface area contributed by atoms with E-state index >= 15 is 0 Å². The maximum atomic E-state index is 5.93. The number of hydrogen-bond acceptors (Lipinski definition) is 9. The third-order valence-electron chi connectivity index (χ3n) is 4.14. The van der Waals surface area contributed by atoms with E-state index in [4.69, 9.17) is 9.47 Å². The Morgan fingerprint density at radius 3 is 3.20 bits per heavy atom. The number of aromatic nitrogens is 6. The van der Waals surface area contributed by atoms with Gasteiger partial charge < -0.3 is 14.4 Å². The molecule has 0 amide bonds. The van der Waals surface area contributed by atoms with E-state index in [0.717, 1.165) is 28.4 Å². The number of hydrogen-bond donors (Lipinski definition) is 0. The Labute approximate surface area is 148 Å². The Kier molecular flexibility index (Phi) is 4.55. The fraction of sp³-hybridized carbons (Fsp3) is 0.533. The van der Waals surface area contributed by atoms with Crippen molar-refractivity contribution in [3.8, 4) is 0 Å². The molecule has 0 spiro atoms. The molecule has 0 saturated carbocycles. The minimum atomic E-state index is -0.204. The number of nitrogens with zero attached hydrogens (tertiary/aromatic N) is 7. The maximum Gasteiger partial charge on any atom is 0.182 e. The lowest BCUT2D eigenvalue weighted by molar-refractivity contribution is 0.0298. The number of ether oxygens (including phenoxy) is 2. The van der Waals surface area contributed by atoms with Crippen molar-refractivity contribution in [1.82, 2.24) is 30.2 Å². The number of aryl methyl sites for hydroxylation is 1. The summed E-state index contributed by atoms with van der Waals surface area (Å²) in [6, 6.07) is 2.07. The van der Waals surface area contributed by atoms with Crippen LogP contribution in [0.3, 0.4) is 0 Å². The average molecular weight is 361 g/mol. The van der Waals surface area contributed by atoms with Crippen LogP contribution in [0.25, 0.3) is 10.2 Å². The van der Waals surface area contributed by atoms with Gasteiger partial charge in [0.2, 0.25) is 0 Å². The monoisotopic (exact) mass is 361 g/mol. The molecule has 0 aliphatic carbocycles. The Morgan fingerprint density at radius 1 is 1.40 bits per heavy atom. The number of morpholine rings is 1. The summed E-state index contributed by atoms with van der Waals surface area (Å²) in [4.78, 5) is 12.4. The van der Waals surface area contributed by atoms with E-state index < -0.39 is 0 Å². The third-order valence-corrected chi connectivity index (χ3v) is 4.94. The summed E-state index contributed by atoms with van der Waals surface area (Å²) < 4.78 is 12.8. The highest BCUT2D eigenvalue weighted by Gasteiger charge is 2.28. The summed E-state index contributed by atoms with van der Waals surface area (Å²) in [5, 5.41) is 15.1. The average Bonchev–Trinajstić information content (AvgIpc) is 3.28. The van der Waals surface area contributed by atoms with Crippen molar-refractivity contribution < 1.29 is 9.47 Å². The zero-order valence-corrected chi connectivity index (χ0v) is 14.9. The summed E-state index contributed by atoms with van der Waals surface area (Å²) in [7, 11) is 1.66. The van der Waals surface area contributed by atoms with Gasteiger partial charge in [0.05, 0.1) is 31.7 Å². The number of methoxy groups -OCH3 is 1. The first-order valence-electron chi connectivity index (χ1n) is 8.09. The molecule has 0 bridgehead atoms.